The lowest BCUT2D eigenvalue weighted by Gasteiger charge is -2.28. The van der Waals surface area contributed by atoms with Gasteiger partial charge in [0.25, 0.3) is 0 Å². The molecule has 1 atom stereocenters. The molecule has 1 N–H and O–H groups in total. The van der Waals surface area contributed by atoms with Crippen LogP contribution in [0.15, 0.2) is 28.7 Å². The van der Waals surface area contributed by atoms with E-state index >= 15 is 0 Å². The van der Waals surface area contributed by atoms with Crippen LogP contribution in [0.4, 0.5) is 0 Å². The standard InChI is InChI=1S/C17H26BrNO/c1-13(2)19-12-15(11-14-7-9-20-10-8-14)16-5-3-4-6-17(16)18/h3-6,13-15,19H,7-12H2,1-2H3. The third-order valence-corrected chi connectivity index (χ3v) is 4.80. The van der Waals surface area contributed by atoms with Crippen molar-refractivity contribution >= 4 is 15.9 Å². The molecule has 1 aromatic rings. The Bertz CT molecular complexity index is 402. The Hall–Kier alpha value is -0.380. The van der Waals surface area contributed by atoms with Crippen LogP contribution in [0.1, 0.15) is 44.6 Å². The van der Waals surface area contributed by atoms with Crippen LogP contribution in [0.25, 0.3) is 0 Å². The predicted octanol–water partition coefficient (Wildman–Crippen LogP) is 4.35. The molecule has 1 aliphatic rings. The molecule has 2 nitrogen and oxygen atoms in total. The lowest BCUT2D eigenvalue weighted by molar-refractivity contribution is 0.0615. The van der Waals surface area contributed by atoms with Crippen molar-refractivity contribution in [2.75, 3.05) is 19.8 Å². The second kappa shape index (κ2) is 8.16. The first-order valence-electron chi connectivity index (χ1n) is 7.72. The van der Waals surface area contributed by atoms with Crippen molar-refractivity contribution in [2.45, 2.75) is 45.1 Å². The molecule has 0 aromatic heterocycles. The topological polar surface area (TPSA) is 21.3 Å². The highest BCUT2D eigenvalue weighted by Crippen LogP contribution is 2.32. The van der Waals surface area contributed by atoms with Crippen LogP contribution in [0.3, 0.4) is 0 Å². The first-order valence-corrected chi connectivity index (χ1v) is 8.51. The average molecular weight is 340 g/mol. The summed E-state index contributed by atoms with van der Waals surface area (Å²) in [5.41, 5.74) is 1.44. The van der Waals surface area contributed by atoms with Gasteiger partial charge in [0, 0.05) is 30.3 Å². The fraction of sp³-hybridized carbons (Fsp3) is 0.647. The summed E-state index contributed by atoms with van der Waals surface area (Å²) in [5.74, 6) is 1.38. The van der Waals surface area contributed by atoms with Crippen molar-refractivity contribution in [3.05, 3.63) is 34.3 Å². The normalized spacial score (nSPS) is 18.4. The van der Waals surface area contributed by atoms with Crippen LogP contribution >= 0.6 is 15.9 Å². The summed E-state index contributed by atoms with van der Waals surface area (Å²) in [6.07, 6.45) is 3.68. The van der Waals surface area contributed by atoms with Gasteiger partial charge in [0.2, 0.25) is 0 Å². The van der Waals surface area contributed by atoms with Gasteiger partial charge in [0.05, 0.1) is 0 Å². The molecular formula is C17H26BrNO. The Labute approximate surface area is 131 Å². The van der Waals surface area contributed by atoms with Gasteiger partial charge in [-0.2, -0.15) is 0 Å². The van der Waals surface area contributed by atoms with E-state index < -0.39 is 0 Å². The van der Waals surface area contributed by atoms with Crippen molar-refractivity contribution < 1.29 is 4.74 Å². The molecule has 0 bridgehead atoms. The summed E-state index contributed by atoms with van der Waals surface area (Å²) < 4.78 is 6.72. The molecule has 0 radical (unpaired) electrons. The summed E-state index contributed by atoms with van der Waals surface area (Å²) in [5, 5.41) is 3.61. The van der Waals surface area contributed by atoms with Gasteiger partial charge in [0.1, 0.15) is 0 Å². The molecule has 0 aliphatic carbocycles. The second-order valence-electron chi connectivity index (χ2n) is 6.07. The first-order chi connectivity index (χ1) is 9.66. The maximum Gasteiger partial charge on any atom is 0.0468 e. The van der Waals surface area contributed by atoms with Gasteiger partial charge < -0.3 is 10.1 Å². The highest BCUT2D eigenvalue weighted by Gasteiger charge is 2.22. The highest BCUT2D eigenvalue weighted by molar-refractivity contribution is 9.10. The van der Waals surface area contributed by atoms with Crippen LogP contribution in [-0.2, 0) is 4.74 Å². The van der Waals surface area contributed by atoms with Gasteiger partial charge in [0.15, 0.2) is 0 Å². The van der Waals surface area contributed by atoms with E-state index in [1.54, 1.807) is 0 Å². The van der Waals surface area contributed by atoms with E-state index in [1.807, 2.05) is 0 Å². The zero-order chi connectivity index (χ0) is 14.4. The zero-order valence-corrected chi connectivity index (χ0v) is 14.2. The third kappa shape index (κ3) is 4.87. The number of rotatable bonds is 6. The van der Waals surface area contributed by atoms with Gasteiger partial charge in [-0.25, -0.2) is 0 Å². The molecule has 0 amide bonds. The summed E-state index contributed by atoms with van der Waals surface area (Å²) in [4.78, 5) is 0. The van der Waals surface area contributed by atoms with Gasteiger partial charge in [-0.3, -0.25) is 0 Å². The van der Waals surface area contributed by atoms with Crippen LogP contribution in [0.2, 0.25) is 0 Å². The van der Waals surface area contributed by atoms with E-state index in [9.17, 15) is 0 Å². The van der Waals surface area contributed by atoms with E-state index in [-0.39, 0.29) is 0 Å². The Morgan fingerprint density at radius 3 is 2.60 bits per heavy atom. The monoisotopic (exact) mass is 339 g/mol. The van der Waals surface area contributed by atoms with Crippen molar-refractivity contribution in [1.82, 2.24) is 5.32 Å². The fourth-order valence-electron chi connectivity index (χ4n) is 2.89. The maximum atomic E-state index is 5.48. The Morgan fingerprint density at radius 2 is 1.95 bits per heavy atom. The van der Waals surface area contributed by atoms with E-state index in [0.717, 1.165) is 25.7 Å². The number of hydrogen-bond donors (Lipinski definition) is 1. The molecule has 1 aromatic carbocycles. The first kappa shape index (κ1) is 16.0. The minimum Gasteiger partial charge on any atom is -0.381 e. The van der Waals surface area contributed by atoms with Crippen LogP contribution in [0, 0.1) is 5.92 Å². The summed E-state index contributed by atoms with van der Waals surface area (Å²) in [7, 11) is 0. The fourth-order valence-corrected chi connectivity index (χ4v) is 3.50. The van der Waals surface area contributed by atoms with Crippen molar-refractivity contribution in [1.29, 1.82) is 0 Å². The molecule has 1 heterocycles. The van der Waals surface area contributed by atoms with Gasteiger partial charge in [-0.15, -0.1) is 0 Å². The van der Waals surface area contributed by atoms with Crippen LogP contribution < -0.4 is 5.32 Å². The lowest BCUT2D eigenvalue weighted by Crippen LogP contribution is -2.30. The Morgan fingerprint density at radius 1 is 1.25 bits per heavy atom. The molecule has 112 valence electrons. The largest absolute Gasteiger partial charge is 0.381 e. The third-order valence-electron chi connectivity index (χ3n) is 4.08. The average Bonchev–Trinajstić information content (AvgIpc) is 2.45. The van der Waals surface area contributed by atoms with Crippen LogP contribution in [0.5, 0.6) is 0 Å². The van der Waals surface area contributed by atoms with E-state index in [4.69, 9.17) is 4.74 Å². The number of nitrogens with one attached hydrogen (secondary N) is 1. The number of ether oxygens (including phenoxy) is 1. The van der Waals surface area contributed by atoms with Gasteiger partial charge in [-0.1, -0.05) is 48.0 Å². The summed E-state index contributed by atoms with van der Waals surface area (Å²) in [6, 6.07) is 9.19. The lowest BCUT2D eigenvalue weighted by atomic mass is 9.85. The Balaban J connectivity index is 2.05. The molecule has 20 heavy (non-hydrogen) atoms. The molecule has 1 unspecified atom stereocenters. The van der Waals surface area contributed by atoms with E-state index in [0.29, 0.717) is 12.0 Å². The molecule has 1 fully saturated rings. The van der Waals surface area contributed by atoms with E-state index in [2.05, 4.69) is 59.4 Å². The highest BCUT2D eigenvalue weighted by atomic mass is 79.9. The molecule has 1 saturated heterocycles. The zero-order valence-electron chi connectivity index (χ0n) is 12.6. The van der Waals surface area contributed by atoms with Crippen molar-refractivity contribution in [2.24, 2.45) is 5.92 Å². The molecule has 0 spiro atoms. The molecular weight excluding hydrogens is 314 g/mol. The summed E-state index contributed by atoms with van der Waals surface area (Å²) in [6.45, 7) is 7.35. The quantitative estimate of drug-likeness (QED) is 0.831. The molecule has 1 aliphatic heterocycles. The number of hydrogen-bond acceptors (Lipinski definition) is 2. The van der Waals surface area contributed by atoms with Crippen molar-refractivity contribution in [3.63, 3.8) is 0 Å². The predicted molar refractivity (Wildman–Crippen MR) is 88.2 cm³/mol. The Kier molecular flexibility index (Phi) is 6.53. The SMILES string of the molecule is CC(C)NCC(CC1CCOCC1)c1ccccc1Br. The van der Waals surface area contributed by atoms with E-state index in [1.165, 1.54) is 29.3 Å². The van der Waals surface area contributed by atoms with Crippen LogP contribution in [-0.4, -0.2) is 25.8 Å². The van der Waals surface area contributed by atoms with Gasteiger partial charge >= 0.3 is 0 Å². The number of halogens is 1. The van der Waals surface area contributed by atoms with Gasteiger partial charge in [-0.05, 0) is 42.7 Å². The number of benzene rings is 1. The molecule has 0 saturated carbocycles. The minimum absolute atomic E-state index is 0.537. The minimum atomic E-state index is 0.537. The smallest absolute Gasteiger partial charge is 0.0468 e. The second-order valence-corrected chi connectivity index (χ2v) is 6.93. The molecule has 3 heteroatoms. The van der Waals surface area contributed by atoms with Crippen molar-refractivity contribution in [3.8, 4) is 0 Å². The maximum absolute atomic E-state index is 5.48. The molecule has 2 rings (SSSR count). The summed E-state index contributed by atoms with van der Waals surface area (Å²) >= 11 is 3.72.